The van der Waals surface area contributed by atoms with Crippen molar-refractivity contribution in [3.05, 3.63) is 92.0 Å². The van der Waals surface area contributed by atoms with E-state index in [0.29, 0.717) is 10.3 Å². The minimum atomic E-state index is -0.457. The second kappa shape index (κ2) is 7.98. The Kier molecular flexibility index (Phi) is 5.24. The topological polar surface area (TPSA) is 89.5 Å². The van der Waals surface area contributed by atoms with Crippen LogP contribution >= 0.6 is 27.3 Å². The summed E-state index contributed by atoms with van der Waals surface area (Å²) in [4.78, 5) is 23.3. The number of nitrogens with zero attached hydrogens (tertiary/aromatic N) is 3. The summed E-state index contributed by atoms with van der Waals surface area (Å²) in [6, 6.07) is 17.8. The Hall–Kier alpha value is -3.30. The van der Waals surface area contributed by atoms with Crippen LogP contribution in [0.2, 0.25) is 0 Å². The van der Waals surface area contributed by atoms with Gasteiger partial charge in [0.2, 0.25) is 0 Å². The molecule has 0 aliphatic rings. The third-order valence-corrected chi connectivity index (χ3v) is 5.83. The monoisotopic (exact) mass is 468 g/mol. The highest BCUT2D eigenvalue weighted by molar-refractivity contribution is 9.10. The predicted molar refractivity (Wildman–Crippen MR) is 117 cm³/mol. The van der Waals surface area contributed by atoms with Crippen LogP contribution in [0.3, 0.4) is 0 Å². The van der Waals surface area contributed by atoms with Gasteiger partial charge in [0, 0.05) is 38.6 Å². The maximum Gasteiger partial charge on any atom is 0.281 e. The molecule has 1 N–H and O–H groups in total. The summed E-state index contributed by atoms with van der Waals surface area (Å²) in [6.07, 6.45) is 3.48. The summed E-state index contributed by atoms with van der Waals surface area (Å²) in [5.41, 5.74) is 4.28. The largest absolute Gasteiger partial charge is 0.316 e. The van der Waals surface area contributed by atoms with Gasteiger partial charge < -0.3 is 4.57 Å². The van der Waals surface area contributed by atoms with Crippen LogP contribution in [-0.4, -0.2) is 21.6 Å². The number of thiophene rings is 1. The number of amides is 1. The zero-order valence-electron chi connectivity index (χ0n) is 14.8. The molecule has 9 heteroatoms. The Bertz CT molecular complexity index is 1240. The highest BCUT2D eigenvalue weighted by Crippen LogP contribution is 2.28. The molecule has 1 amide bonds. The van der Waals surface area contributed by atoms with Gasteiger partial charge in [0.1, 0.15) is 0 Å². The molecule has 2 aromatic heterocycles. The SMILES string of the molecule is O=C(N/N=C\c1cccn1-c1ccc(Br)cc1)c1cc2cc([N+](=O)[O-])ccc2s1. The normalized spacial score (nSPS) is 11.2. The lowest BCUT2D eigenvalue weighted by atomic mass is 10.2. The lowest BCUT2D eigenvalue weighted by Crippen LogP contribution is -2.16. The second-order valence-electron chi connectivity index (χ2n) is 6.07. The Morgan fingerprint density at radius 1 is 1.17 bits per heavy atom. The van der Waals surface area contributed by atoms with Crippen LogP contribution in [0.25, 0.3) is 15.8 Å². The first-order valence-electron chi connectivity index (χ1n) is 8.46. The van der Waals surface area contributed by atoms with E-state index in [0.717, 1.165) is 20.6 Å². The van der Waals surface area contributed by atoms with E-state index in [1.165, 1.54) is 23.5 Å². The van der Waals surface area contributed by atoms with Crippen LogP contribution in [0, 0.1) is 10.1 Å². The number of hydrogen-bond donors (Lipinski definition) is 1. The molecule has 0 fully saturated rings. The molecule has 0 saturated heterocycles. The highest BCUT2D eigenvalue weighted by atomic mass is 79.9. The number of nitro benzene ring substituents is 1. The summed E-state index contributed by atoms with van der Waals surface area (Å²) in [7, 11) is 0. The van der Waals surface area contributed by atoms with Crippen LogP contribution in [0.5, 0.6) is 0 Å². The predicted octanol–water partition coefficient (Wildman–Crippen LogP) is 5.13. The first-order chi connectivity index (χ1) is 14.0. The lowest BCUT2D eigenvalue weighted by molar-refractivity contribution is -0.384. The number of non-ortho nitro benzene ring substituents is 1. The molecular formula is C20H13BrN4O3S. The van der Waals surface area contributed by atoms with E-state index >= 15 is 0 Å². The molecule has 0 spiro atoms. The van der Waals surface area contributed by atoms with Crippen molar-refractivity contribution in [2.45, 2.75) is 0 Å². The molecule has 0 bridgehead atoms. The van der Waals surface area contributed by atoms with Gasteiger partial charge in [-0.1, -0.05) is 15.9 Å². The number of carbonyl (C=O) groups is 1. The summed E-state index contributed by atoms with van der Waals surface area (Å²) < 4.78 is 3.74. The molecule has 7 nitrogen and oxygen atoms in total. The smallest absolute Gasteiger partial charge is 0.281 e. The summed E-state index contributed by atoms with van der Waals surface area (Å²) in [5, 5.41) is 15.6. The van der Waals surface area contributed by atoms with Crippen LogP contribution in [0.4, 0.5) is 5.69 Å². The lowest BCUT2D eigenvalue weighted by Gasteiger charge is -2.06. The average Bonchev–Trinajstić information content (AvgIpc) is 3.34. The van der Waals surface area contributed by atoms with Gasteiger partial charge in [0.15, 0.2) is 0 Å². The van der Waals surface area contributed by atoms with Gasteiger partial charge >= 0.3 is 0 Å². The molecule has 29 heavy (non-hydrogen) atoms. The second-order valence-corrected chi connectivity index (χ2v) is 8.07. The van der Waals surface area contributed by atoms with Crippen molar-refractivity contribution in [1.82, 2.24) is 9.99 Å². The Labute approximate surface area is 177 Å². The fraction of sp³-hybridized carbons (Fsp3) is 0. The summed E-state index contributed by atoms with van der Waals surface area (Å²) in [6.45, 7) is 0. The highest BCUT2D eigenvalue weighted by Gasteiger charge is 2.13. The van der Waals surface area contributed by atoms with Crippen LogP contribution in [0.1, 0.15) is 15.4 Å². The van der Waals surface area contributed by atoms with E-state index in [4.69, 9.17) is 0 Å². The Morgan fingerprint density at radius 3 is 2.72 bits per heavy atom. The van der Waals surface area contributed by atoms with E-state index in [-0.39, 0.29) is 11.6 Å². The number of fused-ring (bicyclic) bond motifs is 1. The molecule has 2 aromatic carbocycles. The van der Waals surface area contributed by atoms with Gasteiger partial charge in [-0.2, -0.15) is 5.10 Å². The van der Waals surface area contributed by atoms with Gasteiger partial charge in [0.05, 0.1) is 21.7 Å². The van der Waals surface area contributed by atoms with Gasteiger partial charge in [0.25, 0.3) is 11.6 Å². The molecule has 144 valence electrons. The maximum atomic E-state index is 12.4. The molecule has 0 saturated carbocycles. The van der Waals surface area contributed by atoms with Crippen molar-refractivity contribution in [1.29, 1.82) is 0 Å². The van der Waals surface area contributed by atoms with Crippen molar-refractivity contribution in [3.8, 4) is 5.69 Å². The van der Waals surface area contributed by atoms with Crippen LogP contribution < -0.4 is 5.43 Å². The molecule has 0 atom stereocenters. The zero-order valence-corrected chi connectivity index (χ0v) is 17.2. The van der Waals surface area contributed by atoms with E-state index in [2.05, 4.69) is 26.5 Å². The fourth-order valence-electron chi connectivity index (χ4n) is 2.80. The molecule has 0 unspecified atom stereocenters. The number of hydrazone groups is 1. The first kappa shape index (κ1) is 19.0. The van der Waals surface area contributed by atoms with Crippen molar-refractivity contribution in [3.63, 3.8) is 0 Å². The van der Waals surface area contributed by atoms with Crippen molar-refractivity contribution >= 4 is 55.2 Å². The van der Waals surface area contributed by atoms with E-state index < -0.39 is 4.92 Å². The van der Waals surface area contributed by atoms with Crippen molar-refractivity contribution < 1.29 is 9.72 Å². The van der Waals surface area contributed by atoms with Gasteiger partial charge in [-0.05, 0) is 48.5 Å². The summed E-state index contributed by atoms with van der Waals surface area (Å²) >= 11 is 4.67. The standard InChI is InChI=1S/C20H13BrN4O3S/c21-14-3-5-15(6-4-14)24-9-1-2-17(24)12-22-23-20(26)19-11-13-10-16(25(27)28)7-8-18(13)29-19/h1-12H,(H,23,26)/b22-12-. The number of carbonyl (C=O) groups excluding carboxylic acids is 1. The molecular weight excluding hydrogens is 456 g/mol. The minimum Gasteiger partial charge on any atom is -0.316 e. The Balaban J connectivity index is 1.49. The number of nitro groups is 1. The van der Waals surface area contributed by atoms with Gasteiger partial charge in [-0.25, -0.2) is 5.43 Å². The van der Waals surface area contributed by atoms with Crippen molar-refractivity contribution in [2.75, 3.05) is 0 Å². The average molecular weight is 469 g/mol. The molecule has 0 aliphatic carbocycles. The first-order valence-corrected chi connectivity index (χ1v) is 10.1. The van der Waals surface area contributed by atoms with E-state index in [1.807, 2.05) is 47.2 Å². The minimum absolute atomic E-state index is 0.00557. The van der Waals surface area contributed by atoms with Gasteiger partial charge in [-0.15, -0.1) is 11.3 Å². The summed E-state index contributed by atoms with van der Waals surface area (Å²) in [5.74, 6) is -0.369. The number of aromatic nitrogens is 1. The number of rotatable bonds is 5. The Morgan fingerprint density at radius 2 is 1.97 bits per heavy atom. The van der Waals surface area contributed by atoms with Crippen molar-refractivity contribution in [2.24, 2.45) is 5.10 Å². The van der Waals surface area contributed by atoms with Gasteiger partial charge in [-0.3, -0.25) is 14.9 Å². The molecule has 2 heterocycles. The molecule has 4 rings (SSSR count). The zero-order chi connectivity index (χ0) is 20.4. The quantitative estimate of drug-likeness (QED) is 0.250. The third kappa shape index (κ3) is 4.10. The van der Waals surface area contributed by atoms with E-state index in [9.17, 15) is 14.9 Å². The van der Waals surface area contributed by atoms with Crippen LogP contribution in [-0.2, 0) is 0 Å². The number of nitrogens with one attached hydrogen (secondary N) is 1. The number of hydrogen-bond acceptors (Lipinski definition) is 5. The third-order valence-electron chi connectivity index (χ3n) is 4.18. The molecule has 0 aliphatic heterocycles. The van der Waals surface area contributed by atoms with E-state index in [1.54, 1.807) is 18.3 Å². The number of halogens is 1. The molecule has 4 aromatic rings. The number of benzene rings is 2. The maximum absolute atomic E-state index is 12.4. The fourth-order valence-corrected chi connectivity index (χ4v) is 4.00. The van der Waals surface area contributed by atoms with Crippen LogP contribution in [0.15, 0.2) is 76.4 Å². The molecule has 0 radical (unpaired) electrons.